The fourth-order valence-electron chi connectivity index (χ4n) is 3.51. The van der Waals surface area contributed by atoms with Crippen LogP contribution in [0.4, 0.5) is 11.4 Å². The molecule has 3 aromatic carbocycles. The molecule has 0 fully saturated rings. The molecule has 200 valence electrons. The van der Waals surface area contributed by atoms with Gasteiger partial charge in [-0.3, -0.25) is 19.4 Å². The Balaban J connectivity index is 1.42. The average Bonchev–Trinajstić information content (AvgIpc) is 2.97. The van der Waals surface area contributed by atoms with Crippen molar-refractivity contribution in [3.63, 3.8) is 0 Å². The predicted octanol–water partition coefficient (Wildman–Crippen LogP) is 4.92. The number of hydrogen-bond acceptors (Lipinski definition) is 6. The van der Waals surface area contributed by atoms with Crippen LogP contribution in [-0.2, 0) is 9.59 Å². The summed E-state index contributed by atoms with van der Waals surface area (Å²) in [6.45, 7) is 0. The van der Waals surface area contributed by atoms with Crippen LogP contribution in [0.5, 0.6) is 0 Å². The van der Waals surface area contributed by atoms with E-state index in [0.717, 1.165) is 4.90 Å². The highest BCUT2D eigenvalue weighted by Gasteiger charge is 2.15. The highest BCUT2D eigenvalue weighted by molar-refractivity contribution is 8.00. The van der Waals surface area contributed by atoms with Crippen LogP contribution in [0.25, 0.3) is 6.08 Å². The minimum Gasteiger partial charge on any atom is -0.478 e. The first kappa shape index (κ1) is 27.8. The van der Waals surface area contributed by atoms with E-state index in [2.05, 4.69) is 20.9 Å². The summed E-state index contributed by atoms with van der Waals surface area (Å²) in [5.74, 6) is -2.30. The van der Waals surface area contributed by atoms with Crippen molar-refractivity contribution in [2.24, 2.45) is 0 Å². The lowest BCUT2D eigenvalue weighted by atomic mass is 10.2. The second kappa shape index (κ2) is 13.5. The zero-order valence-electron chi connectivity index (χ0n) is 21.0. The number of amides is 3. The second-order valence-electron chi connectivity index (χ2n) is 8.37. The minimum absolute atomic E-state index is 0.0304. The summed E-state index contributed by atoms with van der Waals surface area (Å²) < 4.78 is 0. The molecule has 4 rings (SSSR count). The van der Waals surface area contributed by atoms with Gasteiger partial charge in [0.1, 0.15) is 5.70 Å². The maximum atomic E-state index is 13.2. The number of carboxylic acids is 1. The third-order valence-electron chi connectivity index (χ3n) is 5.38. The molecule has 0 aliphatic carbocycles. The average molecular weight is 553 g/mol. The maximum absolute atomic E-state index is 13.2. The van der Waals surface area contributed by atoms with Crippen molar-refractivity contribution in [1.82, 2.24) is 10.3 Å². The van der Waals surface area contributed by atoms with Crippen LogP contribution in [-0.4, -0.2) is 39.5 Å². The van der Waals surface area contributed by atoms with Gasteiger partial charge in [0.25, 0.3) is 11.8 Å². The van der Waals surface area contributed by atoms with Gasteiger partial charge in [0, 0.05) is 34.2 Å². The van der Waals surface area contributed by atoms with Gasteiger partial charge in [-0.2, -0.15) is 0 Å². The number of benzene rings is 3. The van der Waals surface area contributed by atoms with Crippen molar-refractivity contribution in [2.75, 3.05) is 16.4 Å². The smallest absolute Gasteiger partial charge is 0.335 e. The van der Waals surface area contributed by atoms with Crippen molar-refractivity contribution < 1.29 is 24.3 Å². The topological polar surface area (TPSA) is 137 Å². The van der Waals surface area contributed by atoms with Gasteiger partial charge in [-0.15, -0.1) is 11.8 Å². The van der Waals surface area contributed by atoms with Gasteiger partial charge in [-0.05, 0) is 66.2 Å². The summed E-state index contributed by atoms with van der Waals surface area (Å²) in [5.41, 5.74) is 1.99. The highest BCUT2D eigenvalue weighted by atomic mass is 32.2. The van der Waals surface area contributed by atoms with Crippen LogP contribution in [0.3, 0.4) is 0 Å². The largest absolute Gasteiger partial charge is 0.478 e. The number of thioether (sulfide) groups is 1. The zero-order valence-corrected chi connectivity index (χ0v) is 21.9. The van der Waals surface area contributed by atoms with E-state index in [9.17, 15) is 19.2 Å². The molecule has 0 saturated carbocycles. The van der Waals surface area contributed by atoms with Crippen molar-refractivity contribution in [2.45, 2.75) is 4.90 Å². The number of aromatic carboxylic acids is 1. The summed E-state index contributed by atoms with van der Waals surface area (Å²) in [7, 11) is 0. The SMILES string of the molecule is O=C(CSc1cccc(NC(=O)/C(=C/c2cccnc2)NC(=O)c2ccccc2)c1)Nc1cccc(C(=O)O)c1. The fourth-order valence-corrected chi connectivity index (χ4v) is 4.26. The van der Waals surface area contributed by atoms with Crippen molar-refractivity contribution in [3.05, 3.63) is 126 Å². The molecular formula is C30H24N4O5S. The Kier molecular flexibility index (Phi) is 9.41. The number of hydrogen-bond donors (Lipinski definition) is 4. The maximum Gasteiger partial charge on any atom is 0.335 e. The Morgan fingerprint density at radius 2 is 1.52 bits per heavy atom. The Bertz CT molecular complexity index is 1560. The van der Waals surface area contributed by atoms with Crippen molar-refractivity contribution in [1.29, 1.82) is 0 Å². The Hall–Kier alpha value is -5.22. The third kappa shape index (κ3) is 8.14. The fraction of sp³-hybridized carbons (Fsp3) is 0.0333. The van der Waals surface area contributed by atoms with E-state index in [4.69, 9.17) is 5.11 Å². The van der Waals surface area contributed by atoms with Gasteiger partial charge in [-0.1, -0.05) is 36.4 Å². The first-order valence-corrected chi connectivity index (χ1v) is 13.0. The summed E-state index contributed by atoms with van der Waals surface area (Å²) in [6.07, 6.45) is 4.71. The number of anilines is 2. The molecule has 4 N–H and O–H groups in total. The number of nitrogens with zero attached hydrogens (tertiary/aromatic N) is 1. The van der Waals surface area contributed by atoms with E-state index in [1.165, 1.54) is 30.0 Å². The number of aromatic nitrogens is 1. The van der Waals surface area contributed by atoms with Gasteiger partial charge in [0.2, 0.25) is 5.91 Å². The Labute approximate surface area is 234 Å². The van der Waals surface area contributed by atoms with Gasteiger partial charge in [0.15, 0.2) is 0 Å². The van der Waals surface area contributed by atoms with Crippen LogP contribution in [0.2, 0.25) is 0 Å². The lowest BCUT2D eigenvalue weighted by molar-refractivity contribution is -0.114. The van der Waals surface area contributed by atoms with Gasteiger partial charge in [-0.25, -0.2) is 4.79 Å². The first-order valence-electron chi connectivity index (χ1n) is 12.0. The molecule has 0 saturated heterocycles. The molecule has 10 heteroatoms. The van der Waals surface area contributed by atoms with Gasteiger partial charge >= 0.3 is 5.97 Å². The van der Waals surface area contributed by atoms with Crippen molar-refractivity contribution in [3.8, 4) is 0 Å². The second-order valence-corrected chi connectivity index (χ2v) is 9.42. The number of carbonyl (C=O) groups is 4. The number of rotatable bonds is 10. The molecule has 0 bridgehead atoms. The normalized spacial score (nSPS) is 10.8. The van der Waals surface area contributed by atoms with E-state index in [1.807, 2.05) is 0 Å². The minimum atomic E-state index is -1.08. The monoisotopic (exact) mass is 552 g/mol. The summed E-state index contributed by atoms with van der Waals surface area (Å²) in [5, 5.41) is 17.3. The molecular weight excluding hydrogens is 528 g/mol. The lowest BCUT2D eigenvalue weighted by Crippen LogP contribution is -2.30. The van der Waals surface area contributed by atoms with E-state index in [1.54, 1.807) is 91.3 Å². The molecule has 0 spiro atoms. The van der Waals surface area contributed by atoms with E-state index < -0.39 is 17.8 Å². The zero-order chi connectivity index (χ0) is 28.3. The number of nitrogens with one attached hydrogen (secondary N) is 3. The molecule has 1 aromatic heterocycles. The van der Waals surface area contributed by atoms with Gasteiger partial charge < -0.3 is 21.1 Å². The molecule has 0 atom stereocenters. The van der Waals surface area contributed by atoms with Crippen molar-refractivity contribution >= 4 is 52.9 Å². The Morgan fingerprint density at radius 1 is 0.800 bits per heavy atom. The predicted molar refractivity (Wildman–Crippen MR) is 154 cm³/mol. The van der Waals surface area contributed by atoms with Crippen LogP contribution < -0.4 is 16.0 Å². The van der Waals surface area contributed by atoms with Crippen LogP contribution >= 0.6 is 11.8 Å². The highest BCUT2D eigenvalue weighted by Crippen LogP contribution is 2.23. The molecule has 9 nitrogen and oxygen atoms in total. The van der Waals surface area contributed by atoms with E-state index >= 15 is 0 Å². The molecule has 4 aromatic rings. The lowest BCUT2D eigenvalue weighted by Gasteiger charge is -2.12. The number of carbonyl (C=O) groups excluding carboxylic acids is 3. The van der Waals surface area contributed by atoms with Crippen LogP contribution in [0.15, 0.2) is 114 Å². The quantitative estimate of drug-likeness (QED) is 0.162. The van der Waals surface area contributed by atoms with Gasteiger partial charge in [0.05, 0.1) is 11.3 Å². The third-order valence-corrected chi connectivity index (χ3v) is 6.37. The Morgan fingerprint density at radius 3 is 2.25 bits per heavy atom. The summed E-state index contributed by atoms with van der Waals surface area (Å²) in [4.78, 5) is 54.3. The molecule has 0 aliphatic rings. The number of carboxylic acid groups (broad SMARTS) is 1. The summed E-state index contributed by atoms with van der Waals surface area (Å²) in [6, 6.07) is 25.0. The molecule has 3 amide bonds. The first-order chi connectivity index (χ1) is 19.4. The van der Waals surface area contributed by atoms with Crippen LogP contribution in [0.1, 0.15) is 26.3 Å². The molecule has 1 heterocycles. The standard InChI is InChI=1S/C30H24N4O5S/c35-27(32-23-11-4-10-22(16-23)30(38)39)19-40-25-13-5-12-24(17-25)33-29(37)26(15-20-7-6-14-31-18-20)34-28(36)21-8-2-1-3-9-21/h1-18H,19H2,(H,32,35)(H,33,37)(H,34,36)(H,38,39)/b26-15-. The van der Waals surface area contributed by atoms with Crippen LogP contribution in [0, 0.1) is 0 Å². The molecule has 0 aliphatic heterocycles. The summed E-state index contributed by atoms with van der Waals surface area (Å²) >= 11 is 1.25. The molecule has 0 unspecified atom stereocenters. The molecule has 0 radical (unpaired) electrons. The van der Waals surface area contributed by atoms with E-state index in [0.29, 0.717) is 22.5 Å². The van der Waals surface area contributed by atoms with E-state index in [-0.39, 0.29) is 22.9 Å². The number of pyridine rings is 1. The molecule has 40 heavy (non-hydrogen) atoms.